The van der Waals surface area contributed by atoms with Gasteiger partial charge in [-0.1, -0.05) is 58.1 Å². The van der Waals surface area contributed by atoms with Gasteiger partial charge < -0.3 is 4.74 Å². The van der Waals surface area contributed by atoms with Crippen LogP contribution in [0.5, 0.6) is 0 Å². The van der Waals surface area contributed by atoms with E-state index < -0.39 is 0 Å². The minimum Gasteiger partial charge on any atom is -0.469 e. The Labute approximate surface area is 142 Å². The molecule has 0 fully saturated rings. The molecule has 0 heterocycles. The number of methoxy groups -OCH3 is 1. The zero-order valence-corrected chi connectivity index (χ0v) is 15.8. The average molecular weight is 329 g/mol. The minimum atomic E-state index is -0.0989. The molecule has 0 N–H and O–H groups in total. The standard InChI is InChI=1S/C19H36O2S/c1-4-5-6-7-8-9-10-11-12-13-18(2)14-16-22-17-15-19(20)21-3/h11-12,18H,4-10,13-17H2,1-3H3/b12-11-. The van der Waals surface area contributed by atoms with E-state index in [-0.39, 0.29) is 5.97 Å². The molecule has 0 aromatic heterocycles. The van der Waals surface area contributed by atoms with Crippen molar-refractivity contribution in [3.63, 3.8) is 0 Å². The Balaban J connectivity index is 3.32. The van der Waals surface area contributed by atoms with Crippen molar-refractivity contribution in [3.8, 4) is 0 Å². The van der Waals surface area contributed by atoms with Gasteiger partial charge in [-0.2, -0.15) is 11.8 Å². The molecule has 0 aromatic rings. The molecule has 0 aliphatic heterocycles. The monoisotopic (exact) mass is 328 g/mol. The number of rotatable bonds is 15. The van der Waals surface area contributed by atoms with Crippen LogP contribution in [0.15, 0.2) is 12.2 Å². The van der Waals surface area contributed by atoms with E-state index in [0.29, 0.717) is 6.42 Å². The summed E-state index contributed by atoms with van der Waals surface area (Å²) in [5.41, 5.74) is 0. The normalized spacial score (nSPS) is 12.7. The number of allylic oxidation sites excluding steroid dienone is 2. The fraction of sp³-hybridized carbons (Fsp3) is 0.842. The van der Waals surface area contributed by atoms with Crippen LogP contribution in [-0.2, 0) is 9.53 Å². The van der Waals surface area contributed by atoms with Gasteiger partial charge in [-0.25, -0.2) is 0 Å². The van der Waals surface area contributed by atoms with Crippen molar-refractivity contribution in [2.45, 2.75) is 78.1 Å². The van der Waals surface area contributed by atoms with Gasteiger partial charge in [-0.3, -0.25) is 4.79 Å². The smallest absolute Gasteiger partial charge is 0.306 e. The molecule has 0 saturated heterocycles. The van der Waals surface area contributed by atoms with Crippen molar-refractivity contribution in [2.24, 2.45) is 5.92 Å². The summed E-state index contributed by atoms with van der Waals surface area (Å²) in [6, 6.07) is 0. The maximum absolute atomic E-state index is 11.0. The molecule has 0 rings (SSSR count). The van der Waals surface area contributed by atoms with Gasteiger partial charge in [-0.15, -0.1) is 0 Å². The maximum atomic E-state index is 11.0. The summed E-state index contributed by atoms with van der Waals surface area (Å²) in [6.07, 6.45) is 17.2. The van der Waals surface area contributed by atoms with E-state index in [1.165, 1.54) is 64.9 Å². The van der Waals surface area contributed by atoms with Gasteiger partial charge in [-0.05, 0) is 37.4 Å². The van der Waals surface area contributed by atoms with E-state index in [4.69, 9.17) is 0 Å². The lowest BCUT2D eigenvalue weighted by Gasteiger charge is -2.08. The second-order valence-corrected chi connectivity index (χ2v) is 7.32. The van der Waals surface area contributed by atoms with E-state index in [1.807, 2.05) is 11.8 Å². The van der Waals surface area contributed by atoms with E-state index in [1.54, 1.807) is 0 Å². The third-order valence-corrected chi connectivity index (χ3v) is 4.88. The molecule has 0 aromatic carbocycles. The largest absolute Gasteiger partial charge is 0.469 e. The quantitative estimate of drug-likeness (QED) is 0.209. The highest BCUT2D eigenvalue weighted by Crippen LogP contribution is 2.15. The van der Waals surface area contributed by atoms with Gasteiger partial charge in [0.1, 0.15) is 0 Å². The molecule has 2 nitrogen and oxygen atoms in total. The van der Waals surface area contributed by atoms with Gasteiger partial charge >= 0.3 is 5.97 Å². The number of carbonyl (C=O) groups is 1. The highest BCUT2D eigenvalue weighted by atomic mass is 32.2. The van der Waals surface area contributed by atoms with Gasteiger partial charge in [0.2, 0.25) is 0 Å². The molecule has 1 unspecified atom stereocenters. The number of hydrogen-bond donors (Lipinski definition) is 0. The second-order valence-electron chi connectivity index (χ2n) is 6.10. The van der Waals surface area contributed by atoms with E-state index in [0.717, 1.165) is 17.4 Å². The molecule has 3 heteroatoms. The van der Waals surface area contributed by atoms with Crippen molar-refractivity contribution in [3.05, 3.63) is 12.2 Å². The first-order valence-electron chi connectivity index (χ1n) is 9.00. The SMILES string of the molecule is CCCCCCCC/C=C\CC(C)CCSCCC(=O)OC. The number of unbranched alkanes of at least 4 members (excludes halogenated alkanes) is 6. The molecule has 0 aliphatic rings. The summed E-state index contributed by atoms with van der Waals surface area (Å²) in [4.78, 5) is 11.0. The topological polar surface area (TPSA) is 26.3 Å². The van der Waals surface area contributed by atoms with E-state index in [2.05, 4.69) is 30.7 Å². The summed E-state index contributed by atoms with van der Waals surface area (Å²) in [5.74, 6) is 2.67. The van der Waals surface area contributed by atoms with Gasteiger partial charge in [0, 0.05) is 5.75 Å². The van der Waals surface area contributed by atoms with Gasteiger partial charge in [0.15, 0.2) is 0 Å². The highest BCUT2D eigenvalue weighted by Gasteiger charge is 2.02. The zero-order chi connectivity index (χ0) is 16.5. The summed E-state index contributed by atoms with van der Waals surface area (Å²) in [7, 11) is 1.45. The lowest BCUT2D eigenvalue weighted by Crippen LogP contribution is -2.02. The Morgan fingerprint density at radius 2 is 1.82 bits per heavy atom. The lowest BCUT2D eigenvalue weighted by molar-refractivity contribution is -0.140. The predicted octanol–water partition coefficient (Wildman–Crippen LogP) is 6.01. The first-order valence-corrected chi connectivity index (χ1v) is 10.2. The van der Waals surface area contributed by atoms with Crippen LogP contribution in [0.2, 0.25) is 0 Å². The fourth-order valence-corrected chi connectivity index (χ4v) is 3.34. The molecule has 0 bridgehead atoms. The Kier molecular flexibility index (Phi) is 16.6. The third-order valence-electron chi connectivity index (χ3n) is 3.86. The molecule has 1 atom stereocenters. The van der Waals surface area contributed by atoms with Gasteiger partial charge in [0.25, 0.3) is 0 Å². The van der Waals surface area contributed by atoms with Crippen molar-refractivity contribution in [2.75, 3.05) is 18.6 Å². The van der Waals surface area contributed by atoms with Crippen molar-refractivity contribution < 1.29 is 9.53 Å². The average Bonchev–Trinajstić information content (AvgIpc) is 2.52. The van der Waals surface area contributed by atoms with Crippen LogP contribution >= 0.6 is 11.8 Å². The fourth-order valence-electron chi connectivity index (χ4n) is 2.25. The predicted molar refractivity (Wildman–Crippen MR) is 99.5 cm³/mol. The first kappa shape index (κ1) is 21.6. The minimum absolute atomic E-state index is 0.0989. The number of thioether (sulfide) groups is 1. The molecular weight excluding hydrogens is 292 g/mol. The second kappa shape index (κ2) is 16.9. The number of ether oxygens (including phenoxy) is 1. The van der Waals surface area contributed by atoms with Crippen LogP contribution in [0.25, 0.3) is 0 Å². The summed E-state index contributed by atoms with van der Waals surface area (Å²) in [6.45, 7) is 4.58. The number of hydrogen-bond acceptors (Lipinski definition) is 3. The van der Waals surface area contributed by atoms with Crippen LogP contribution in [0, 0.1) is 5.92 Å². The Bertz CT molecular complexity index is 277. The molecule has 22 heavy (non-hydrogen) atoms. The van der Waals surface area contributed by atoms with Crippen LogP contribution < -0.4 is 0 Å². The molecule has 0 aliphatic carbocycles. The van der Waals surface area contributed by atoms with Crippen LogP contribution in [0.4, 0.5) is 0 Å². The number of carbonyl (C=O) groups excluding carboxylic acids is 1. The summed E-state index contributed by atoms with van der Waals surface area (Å²) in [5, 5.41) is 0. The van der Waals surface area contributed by atoms with E-state index in [9.17, 15) is 4.79 Å². The first-order chi connectivity index (χ1) is 10.7. The molecule has 0 saturated carbocycles. The molecule has 0 amide bonds. The van der Waals surface area contributed by atoms with Crippen LogP contribution in [0.3, 0.4) is 0 Å². The molecule has 0 spiro atoms. The van der Waals surface area contributed by atoms with Crippen molar-refractivity contribution in [1.82, 2.24) is 0 Å². The molecular formula is C19H36O2S. The summed E-state index contributed by atoms with van der Waals surface area (Å²) < 4.78 is 4.63. The molecule has 0 radical (unpaired) electrons. The summed E-state index contributed by atoms with van der Waals surface area (Å²) >= 11 is 1.86. The third kappa shape index (κ3) is 15.9. The van der Waals surface area contributed by atoms with E-state index >= 15 is 0 Å². The van der Waals surface area contributed by atoms with Crippen LogP contribution in [-0.4, -0.2) is 24.6 Å². The highest BCUT2D eigenvalue weighted by molar-refractivity contribution is 7.99. The lowest BCUT2D eigenvalue weighted by atomic mass is 10.0. The maximum Gasteiger partial charge on any atom is 0.306 e. The van der Waals surface area contributed by atoms with Crippen molar-refractivity contribution in [1.29, 1.82) is 0 Å². The Hall–Kier alpha value is -0.440. The van der Waals surface area contributed by atoms with Crippen LogP contribution in [0.1, 0.15) is 78.1 Å². The molecule has 130 valence electrons. The van der Waals surface area contributed by atoms with Crippen molar-refractivity contribution >= 4 is 17.7 Å². The zero-order valence-electron chi connectivity index (χ0n) is 14.9. The Morgan fingerprint density at radius 1 is 1.09 bits per heavy atom. The Morgan fingerprint density at radius 3 is 2.55 bits per heavy atom. The van der Waals surface area contributed by atoms with Gasteiger partial charge in [0.05, 0.1) is 13.5 Å². The number of esters is 1.